The summed E-state index contributed by atoms with van der Waals surface area (Å²) in [6.07, 6.45) is 1.85. The van der Waals surface area contributed by atoms with Crippen molar-refractivity contribution in [3.63, 3.8) is 0 Å². The van der Waals surface area contributed by atoms with Gasteiger partial charge in [0.15, 0.2) is 5.16 Å². The zero-order valence-corrected chi connectivity index (χ0v) is 10.8. The number of aromatic hydroxyl groups is 1. The van der Waals surface area contributed by atoms with Gasteiger partial charge in [-0.15, -0.1) is 0 Å². The van der Waals surface area contributed by atoms with Crippen molar-refractivity contribution in [1.82, 2.24) is 19.7 Å². The molecule has 5 nitrogen and oxygen atoms in total. The van der Waals surface area contributed by atoms with Crippen molar-refractivity contribution >= 4 is 11.8 Å². The Kier molecular flexibility index (Phi) is 3.33. The standard InChI is InChI=1S/C11H14N4OS/c1-7-4-10(16)14-11(13-7)17-6-9-5-12-15(3)8(9)2/h4-5H,6H2,1-3H3,(H,13,14,16). The highest BCUT2D eigenvalue weighted by Gasteiger charge is 2.07. The lowest BCUT2D eigenvalue weighted by molar-refractivity contribution is 0.444. The summed E-state index contributed by atoms with van der Waals surface area (Å²) in [4.78, 5) is 8.22. The van der Waals surface area contributed by atoms with Gasteiger partial charge in [0.25, 0.3) is 0 Å². The van der Waals surface area contributed by atoms with E-state index in [9.17, 15) is 5.11 Å². The monoisotopic (exact) mass is 250 g/mol. The number of aryl methyl sites for hydroxylation is 2. The maximum Gasteiger partial charge on any atom is 0.215 e. The average molecular weight is 250 g/mol. The maximum absolute atomic E-state index is 9.37. The van der Waals surface area contributed by atoms with Crippen molar-refractivity contribution in [3.8, 4) is 5.88 Å². The van der Waals surface area contributed by atoms with Crippen LogP contribution in [0.4, 0.5) is 0 Å². The molecule has 0 aliphatic rings. The highest BCUT2D eigenvalue weighted by Crippen LogP contribution is 2.22. The number of aromatic nitrogens is 4. The molecule has 0 spiro atoms. The van der Waals surface area contributed by atoms with Crippen LogP contribution in [0.5, 0.6) is 5.88 Å². The molecule has 2 aromatic heterocycles. The zero-order valence-electron chi connectivity index (χ0n) is 10.0. The van der Waals surface area contributed by atoms with Crippen molar-refractivity contribution in [2.45, 2.75) is 24.8 Å². The average Bonchev–Trinajstić information content (AvgIpc) is 2.56. The molecule has 6 heteroatoms. The van der Waals surface area contributed by atoms with E-state index in [2.05, 4.69) is 15.1 Å². The predicted molar refractivity (Wildman–Crippen MR) is 65.9 cm³/mol. The molecule has 0 amide bonds. The summed E-state index contributed by atoms with van der Waals surface area (Å²) in [7, 11) is 1.92. The van der Waals surface area contributed by atoms with Crippen LogP contribution >= 0.6 is 11.8 Å². The molecule has 0 aromatic carbocycles. The fraction of sp³-hybridized carbons (Fsp3) is 0.364. The Labute approximate surface area is 104 Å². The first-order valence-electron chi connectivity index (χ1n) is 5.21. The molecule has 0 bridgehead atoms. The Bertz CT molecular complexity index is 518. The molecule has 0 atom stereocenters. The molecule has 0 unspecified atom stereocenters. The van der Waals surface area contributed by atoms with E-state index in [1.807, 2.05) is 31.8 Å². The summed E-state index contributed by atoms with van der Waals surface area (Å²) in [5.74, 6) is 0.769. The third-order valence-electron chi connectivity index (χ3n) is 2.51. The lowest BCUT2D eigenvalue weighted by Gasteiger charge is -2.02. The van der Waals surface area contributed by atoms with E-state index in [-0.39, 0.29) is 5.88 Å². The van der Waals surface area contributed by atoms with Gasteiger partial charge in [-0.2, -0.15) is 10.1 Å². The van der Waals surface area contributed by atoms with Gasteiger partial charge in [-0.3, -0.25) is 4.68 Å². The molecule has 0 saturated heterocycles. The maximum atomic E-state index is 9.37. The second kappa shape index (κ2) is 4.75. The van der Waals surface area contributed by atoms with Crippen LogP contribution in [-0.4, -0.2) is 24.9 Å². The van der Waals surface area contributed by atoms with Gasteiger partial charge < -0.3 is 5.11 Å². The van der Waals surface area contributed by atoms with Gasteiger partial charge in [-0.05, 0) is 13.8 Å². The SMILES string of the molecule is Cc1cc(O)nc(SCc2cnn(C)c2C)n1. The van der Waals surface area contributed by atoms with Crippen LogP contribution in [0.25, 0.3) is 0 Å². The summed E-state index contributed by atoms with van der Waals surface area (Å²) < 4.78 is 1.84. The van der Waals surface area contributed by atoms with Crippen molar-refractivity contribution in [2.75, 3.05) is 0 Å². The number of nitrogens with zero attached hydrogens (tertiary/aromatic N) is 4. The minimum atomic E-state index is 0.0166. The van der Waals surface area contributed by atoms with Crippen LogP contribution in [0, 0.1) is 13.8 Å². The van der Waals surface area contributed by atoms with Crippen molar-refractivity contribution in [1.29, 1.82) is 0 Å². The predicted octanol–water partition coefficient (Wildman–Crippen LogP) is 1.82. The minimum absolute atomic E-state index is 0.0166. The second-order valence-corrected chi connectivity index (χ2v) is 4.76. The summed E-state index contributed by atoms with van der Waals surface area (Å²) in [5.41, 5.74) is 3.05. The fourth-order valence-corrected chi connectivity index (χ4v) is 2.35. The van der Waals surface area contributed by atoms with Crippen LogP contribution in [0.15, 0.2) is 17.4 Å². The Morgan fingerprint density at radius 1 is 1.35 bits per heavy atom. The normalized spacial score (nSPS) is 10.8. The van der Waals surface area contributed by atoms with E-state index in [1.165, 1.54) is 11.8 Å². The zero-order chi connectivity index (χ0) is 12.4. The molecule has 17 heavy (non-hydrogen) atoms. The molecule has 0 saturated carbocycles. The molecular weight excluding hydrogens is 236 g/mol. The van der Waals surface area contributed by atoms with Crippen molar-refractivity contribution in [3.05, 3.63) is 29.2 Å². The number of hydrogen-bond acceptors (Lipinski definition) is 5. The van der Waals surface area contributed by atoms with Crippen LogP contribution in [-0.2, 0) is 12.8 Å². The summed E-state index contributed by atoms with van der Waals surface area (Å²) >= 11 is 1.49. The molecule has 2 heterocycles. The topological polar surface area (TPSA) is 63.8 Å². The number of thioether (sulfide) groups is 1. The summed E-state index contributed by atoms with van der Waals surface area (Å²) in [5, 5.41) is 14.1. The summed E-state index contributed by atoms with van der Waals surface area (Å²) in [6.45, 7) is 3.86. The van der Waals surface area contributed by atoms with E-state index in [1.54, 1.807) is 6.07 Å². The Hall–Kier alpha value is -1.56. The van der Waals surface area contributed by atoms with E-state index in [0.717, 1.165) is 22.7 Å². The van der Waals surface area contributed by atoms with Crippen LogP contribution in [0.2, 0.25) is 0 Å². The first kappa shape index (κ1) is 11.9. The molecule has 0 fully saturated rings. The third-order valence-corrected chi connectivity index (χ3v) is 3.41. The van der Waals surface area contributed by atoms with Crippen LogP contribution < -0.4 is 0 Å². The first-order chi connectivity index (χ1) is 8.06. The van der Waals surface area contributed by atoms with Gasteiger partial charge in [0.2, 0.25) is 5.88 Å². The highest BCUT2D eigenvalue weighted by atomic mass is 32.2. The number of hydrogen-bond donors (Lipinski definition) is 1. The highest BCUT2D eigenvalue weighted by molar-refractivity contribution is 7.98. The Balaban J connectivity index is 2.09. The molecular formula is C11H14N4OS. The smallest absolute Gasteiger partial charge is 0.215 e. The van der Waals surface area contributed by atoms with Gasteiger partial charge in [-0.25, -0.2) is 4.98 Å². The minimum Gasteiger partial charge on any atom is -0.493 e. The van der Waals surface area contributed by atoms with Crippen molar-refractivity contribution < 1.29 is 5.11 Å². The first-order valence-corrected chi connectivity index (χ1v) is 6.20. The fourth-order valence-electron chi connectivity index (χ4n) is 1.42. The van der Waals surface area contributed by atoms with E-state index in [0.29, 0.717) is 5.16 Å². The van der Waals surface area contributed by atoms with Gasteiger partial charge >= 0.3 is 0 Å². The molecule has 1 N–H and O–H groups in total. The summed E-state index contributed by atoms with van der Waals surface area (Å²) in [6, 6.07) is 1.54. The largest absolute Gasteiger partial charge is 0.493 e. The van der Waals surface area contributed by atoms with Gasteiger partial charge in [0, 0.05) is 35.8 Å². The lowest BCUT2D eigenvalue weighted by atomic mass is 10.3. The van der Waals surface area contributed by atoms with Crippen LogP contribution in [0.3, 0.4) is 0 Å². The molecule has 90 valence electrons. The molecule has 2 aromatic rings. The van der Waals surface area contributed by atoms with E-state index in [4.69, 9.17) is 0 Å². The second-order valence-electron chi connectivity index (χ2n) is 3.82. The van der Waals surface area contributed by atoms with E-state index < -0.39 is 0 Å². The third kappa shape index (κ3) is 2.76. The van der Waals surface area contributed by atoms with Gasteiger partial charge in [0.1, 0.15) is 0 Å². The number of rotatable bonds is 3. The van der Waals surface area contributed by atoms with E-state index >= 15 is 0 Å². The molecule has 0 radical (unpaired) electrons. The Morgan fingerprint density at radius 2 is 2.12 bits per heavy atom. The van der Waals surface area contributed by atoms with Crippen LogP contribution in [0.1, 0.15) is 17.0 Å². The Morgan fingerprint density at radius 3 is 2.71 bits per heavy atom. The lowest BCUT2D eigenvalue weighted by Crippen LogP contribution is -1.94. The molecule has 2 rings (SSSR count). The quantitative estimate of drug-likeness (QED) is 0.665. The van der Waals surface area contributed by atoms with Gasteiger partial charge in [0.05, 0.1) is 6.20 Å². The van der Waals surface area contributed by atoms with Gasteiger partial charge in [-0.1, -0.05) is 11.8 Å². The molecule has 0 aliphatic carbocycles. The molecule has 0 aliphatic heterocycles. The van der Waals surface area contributed by atoms with Crippen molar-refractivity contribution in [2.24, 2.45) is 7.05 Å².